The third-order valence-electron chi connectivity index (χ3n) is 2.24. The summed E-state index contributed by atoms with van der Waals surface area (Å²) in [5, 5.41) is 3.01. The first-order chi connectivity index (χ1) is 9.52. The summed E-state index contributed by atoms with van der Waals surface area (Å²) in [7, 11) is 0. The minimum Gasteiger partial charge on any atom is -0.461 e. The molecule has 0 aromatic carbocycles. The fraction of sp³-hybridized carbons (Fsp3) is 0.417. The summed E-state index contributed by atoms with van der Waals surface area (Å²) in [6.07, 6.45) is 3.36. The minimum atomic E-state index is -0.0346. The number of aromatic nitrogens is 5. The van der Waals surface area contributed by atoms with Crippen LogP contribution in [0.25, 0.3) is 0 Å². The number of hydrogen-bond acceptors (Lipinski definition) is 8. The van der Waals surface area contributed by atoms with Crippen molar-refractivity contribution in [2.75, 3.05) is 11.1 Å². The molecule has 0 bridgehead atoms. The molecule has 20 heavy (non-hydrogen) atoms. The zero-order valence-corrected chi connectivity index (χ0v) is 11.7. The molecule has 0 radical (unpaired) electrons. The lowest BCUT2D eigenvalue weighted by Crippen LogP contribution is -2.13. The second-order valence-corrected chi connectivity index (χ2v) is 4.47. The van der Waals surface area contributed by atoms with Crippen molar-refractivity contribution >= 4 is 11.9 Å². The summed E-state index contributed by atoms with van der Waals surface area (Å²) < 4.78 is 5.39. The van der Waals surface area contributed by atoms with Crippen LogP contribution in [0.1, 0.15) is 25.2 Å². The predicted molar refractivity (Wildman–Crippen MR) is 74.1 cm³/mol. The van der Waals surface area contributed by atoms with E-state index in [4.69, 9.17) is 10.5 Å². The Morgan fingerprint density at radius 1 is 1.20 bits per heavy atom. The zero-order chi connectivity index (χ0) is 14.5. The number of nitrogens with zero attached hydrogens (tertiary/aromatic N) is 5. The summed E-state index contributed by atoms with van der Waals surface area (Å²) in [6, 6.07) is 0.199. The summed E-state index contributed by atoms with van der Waals surface area (Å²) >= 11 is 0. The number of anilines is 2. The van der Waals surface area contributed by atoms with Crippen molar-refractivity contribution in [2.24, 2.45) is 0 Å². The molecule has 8 heteroatoms. The molecule has 3 N–H and O–H groups in total. The number of nitrogen functional groups attached to an aromatic ring is 1. The third kappa shape index (κ3) is 4.01. The van der Waals surface area contributed by atoms with Gasteiger partial charge in [0.15, 0.2) is 0 Å². The molecule has 0 spiro atoms. The van der Waals surface area contributed by atoms with Gasteiger partial charge in [-0.25, -0.2) is 0 Å². The first-order valence-corrected chi connectivity index (χ1v) is 6.22. The van der Waals surface area contributed by atoms with Gasteiger partial charge in [0, 0.05) is 6.20 Å². The average molecular weight is 275 g/mol. The lowest BCUT2D eigenvalue weighted by atomic mass is 10.4. The van der Waals surface area contributed by atoms with Gasteiger partial charge in [-0.3, -0.25) is 9.97 Å². The quantitative estimate of drug-likeness (QED) is 0.829. The molecule has 0 unspecified atom stereocenters. The lowest BCUT2D eigenvalue weighted by Gasteiger charge is -2.09. The van der Waals surface area contributed by atoms with E-state index in [9.17, 15) is 0 Å². The average Bonchev–Trinajstić information content (AvgIpc) is 2.36. The van der Waals surface area contributed by atoms with E-state index in [-0.39, 0.29) is 18.1 Å². The number of nitrogens with two attached hydrogens (primary N) is 1. The molecule has 0 fully saturated rings. The van der Waals surface area contributed by atoms with Gasteiger partial charge in [0.05, 0.1) is 30.2 Å². The van der Waals surface area contributed by atoms with Gasteiger partial charge in [0.25, 0.3) is 0 Å². The van der Waals surface area contributed by atoms with Gasteiger partial charge in [0.1, 0.15) is 0 Å². The molecular weight excluding hydrogens is 258 g/mol. The molecule has 0 aliphatic heterocycles. The van der Waals surface area contributed by atoms with Crippen molar-refractivity contribution in [1.29, 1.82) is 0 Å². The Morgan fingerprint density at radius 3 is 2.65 bits per heavy atom. The Balaban J connectivity index is 2.05. The van der Waals surface area contributed by atoms with E-state index >= 15 is 0 Å². The largest absolute Gasteiger partial charge is 0.461 e. The van der Waals surface area contributed by atoms with Crippen LogP contribution in [-0.4, -0.2) is 31.0 Å². The second-order valence-electron chi connectivity index (χ2n) is 4.47. The molecule has 0 saturated heterocycles. The number of nitrogens with one attached hydrogen (secondary N) is 1. The topological polar surface area (TPSA) is 112 Å². The van der Waals surface area contributed by atoms with E-state index in [1.165, 1.54) is 0 Å². The first kappa shape index (κ1) is 13.9. The summed E-state index contributed by atoms with van der Waals surface area (Å²) in [5.41, 5.74) is 7.26. The van der Waals surface area contributed by atoms with Crippen molar-refractivity contribution in [2.45, 2.75) is 33.4 Å². The summed E-state index contributed by atoms with van der Waals surface area (Å²) in [5.74, 6) is 0.448. The number of rotatable bonds is 5. The van der Waals surface area contributed by atoms with Crippen LogP contribution < -0.4 is 15.8 Å². The molecule has 2 rings (SSSR count). The summed E-state index contributed by atoms with van der Waals surface area (Å²) in [6.45, 7) is 6.09. The minimum absolute atomic E-state index is 0.0346. The van der Waals surface area contributed by atoms with Crippen LogP contribution in [0.3, 0.4) is 0 Å². The normalized spacial score (nSPS) is 10.6. The lowest BCUT2D eigenvalue weighted by molar-refractivity contribution is 0.222. The molecular formula is C12H17N7O. The second kappa shape index (κ2) is 6.09. The van der Waals surface area contributed by atoms with E-state index < -0.39 is 0 Å². The van der Waals surface area contributed by atoms with Gasteiger partial charge in [-0.05, 0) is 20.8 Å². The van der Waals surface area contributed by atoms with Crippen molar-refractivity contribution in [3.8, 4) is 6.01 Å². The molecule has 0 atom stereocenters. The molecule has 0 aliphatic rings. The Hall–Kier alpha value is -2.51. The van der Waals surface area contributed by atoms with E-state index in [1.807, 2.05) is 20.8 Å². The van der Waals surface area contributed by atoms with E-state index in [2.05, 4.69) is 30.2 Å². The highest BCUT2D eigenvalue weighted by Crippen LogP contribution is 2.11. The highest BCUT2D eigenvalue weighted by molar-refractivity contribution is 5.33. The molecule has 2 aromatic heterocycles. The standard InChI is InChI=1S/C12H17N7O/c1-7(2)20-12-18-10(13)17-11(19-12)16-6-9-5-14-8(3)4-15-9/h4-5,7H,6H2,1-3H3,(H3,13,16,17,18,19). The van der Waals surface area contributed by atoms with Crippen molar-refractivity contribution in [1.82, 2.24) is 24.9 Å². The Morgan fingerprint density at radius 2 is 2.00 bits per heavy atom. The SMILES string of the molecule is Cc1cnc(CNc2nc(N)nc(OC(C)C)n2)cn1. The Kier molecular flexibility index (Phi) is 4.24. The van der Waals surface area contributed by atoms with Crippen LogP contribution in [0.2, 0.25) is 0 Å². The van der Waals surface area contributed by atoms with Crippen molar-refractivity contribution in [3.63, 3.8) is 0 Å². The molecule has 106 valence electrons. The highest BCUT2D eigenvalue weighted by atomic mass is 16.5. The van der Waals surface area contributed by atoms with Crippen LogP contribution >= 0.6 is 0 Å². The smallest absolute Gasteiger partial charge is 0.323 e. The maximum Gasteiger partial charge on any atom is 0.323 e. The van der Waals surface area contributed by atoms with Crippen LogP contribution in [-0.2, 0) is 6.54 Å². The zero-order valence-electron chi connectivity index (χ0n) is 11.7. The van der Waals surface area contributed by atoms with E-state index in [0.717, 1.165) is 11.4 Å². The van der Waals surface area contributed by atoms with Crippen LogP contribution in [0.4, 0.5) is 11.9 Å². The molecule has 0 amide bonds. The first-order valence-electron chi connectivity index (χ1n) is 6.22. The number of ether oxygens (including phenoxy) is 1. The van der Waals surface area contributed by atoms with Crippen LogP contribution in [0.5, 0.6) is 6.01 Å². The molecule has 2 heterocycles. The molecule has 0 saturated carbocycles. The van der Waals surface area contributed by atoms with Gasteiger partial charge in [-0.2, -0.15) is 15.0 Å². The van der Waals surface area contributed by atoms with Gasteiger partial charge in [0.2, 0.25) is 11.9 Å². The highest BCUT2D eigenvalue weighted by Gasteiger charge is 2.07. The van der Waals surface area contributed by atoms with Gasteiger partial charge < -0.3 is 15.8 Å². The monoisotopic (exact) mass is 275 g/mol. The van der Waals surface area contributed by atoms with Crippen molar-refractivity contribution < 1.29 is 4.74 Å². The summed E-state index contributed by atoms with van der Waals surface area (Å²) in [4.78, 5) is 20.4. The van der Waals surface area contributed by atoms with Gasteiger partial charge in [-0.1, -0.05) is 0 Å². The van der Waals surface area contributed by atoms with E-state index in [1.54, 1.807) is 12.4 Å². The Labute approximate surface area is 116 Å². The third-order valence-corrected chi connectivity index (χ3v) is 2.24. The molecule has 8 nitrogen and oxygen atoms in total. The Bertz CT molecular complexity index is 571. The number of aryl methyl sites for hydroxylation is 1. The fourth-order valence-corrected chi connectivity index (χ4v) is 1.39. The van der Waals surface area contributed by atoms with Crippen LogP contribution in [0.15, 0.2) is 12.4 Å². The van der Waals surface area contributed by atoms with Crippen molar-refractivity contribution in [3.05, 3.63) is 23.8 Å². The molecule has 0 aliphatic carbocycles. The van der Waals surface area contributed by atoms with Gasteiger partial charge >= 0.3 is 6.01 Å². The van der Waals surface area contributed by atoms with Gasteiger partial charge in [-0.15, -0.1) is 0 Å². The fourth-order valence-electron chi connectivity index (χ4n) is 1.39. The maximum absolute atomic E-state index is 5.61. The number of hydrogen-bond donors (Lipinski definition) is 2. The predicted octanol–water partition coefficient (Wildman–Crippen LogP) is 0.952. The maximum atomic E-state index is 5.61. The van der Waals surface area contributed by atoms with E-state index in [0.29, 0.717) is 12.5 Å². The van der Waals surface area contributed by atoms with Crippen LogP contribution in [0, 0.1) is 6.92 Å². The molecule has 2 aromatic rings.